The predicted octanol–water partition coefficient (Wildman–Crippen LogP) is 2.58. The summed E-state index contributed by atoms with van der Waals surface area (Å²) in [6.45, 7) is 1.91. The normalized spacial score (nSPS) is 12.9. The van der Waals surface area contributed by atoms with Crippen LogP contribution in [0.4, 0.5) is 0 Å². The highest BCUT2D eigenvalue weighted by Gasteiger charge is 2.21. The number of nitrogens with one attached hydrogen (secondary N) is 2. The number of hydrogen-bond acceptors (Lipinski definition) is 3. The van der Waals surface area contributed by atoms with Crippen molar-refractivity contribution < 1.29 is 13.2 Å². The number of carbonyl (C=O) groups excluding carboxylic acids is 1. The Kier molecular flexibility index (Phi) is 4.84. The van der Waals surface area contributed by atoms with E-state index < -0.39 is 10.0 Å². The zero-order valence-electron chi connectivity index (χ0n) is 14.9. The fraction of sp³-hybridized carbons (Fsp3) is 0.211. The Bertz CT molecular complexity index is 1070. The number of amides is 1. The summed E-state index contributed by atoms with van der Waals surface area (Å²) < 4.78 is 27.6. The van der Waals surface area contributed by atoms with E-state index in [9.17, 15) is 13.2 Å². The van der Waals surface area contributed by atoms with Crippen molar-refractivity contribution in [2.24, 2.45) is 7.05 Å². The van der Waals surface area contributed by atoms with Crippen molar-refractivity contribution in [1.82, 2.24) is 14.6 Å². The summed E-state index contributed by atoms with van der Waals surface area (Å²) in [6, 6.07) is 15.1. The van der Waals surface area contributed by atoms with Crippen LogP contribution in [0.15, 0.2) is 59.6 Å². The lowest BCUT2D eigenvalue weighted by atomic mass is 9.99. The molecule has 0 spiro atoms. The third kappa shape index (κ3) is 3.36. The zero-order chi connectivity index (χ0) is 18.9. The van der Waals surface area contributed by atoms with Crippen LogP contribution in [0.25, 0.3) is 10.8 Å². The highest BCUT2D eigenvalue weighted by atomic mass is 32.2. The van der Waals surface area contributed by atoms with Crippen molar-refractivity contribution in [1.29, 1.82) is 0 Å². The number of hydrogen-bond donors (Lipinski definition) is 2. The van der Waals surface area contributed by atoms with Gasteiger partial charge in [-0.3, -0.25) is 4.79 Å². The van der Waals surface area contributed by atoms with Gasteiger partial charge in [-0.05, 0) is 36.4 Å². The first-order valence-corrected chi connectivity index (χ1v) is 9.70. The molecule has 1 atom stereocenters. The number of nitrogens with zero attached hydrogens (tertiary/aromatic N) is 1. The van der Waals surface area contributed by atoms with E-state index in [2.05, 4.69) is 10.0 Å². The molecule has 0 saturated heterocycles. The van der Waals surface area contributed by atoms with Crippen molar-refractivity contribution in [2.75, 3.05) is 7.05 Å². The second-order valence-corrected chi connectivity index (χ2v) is 8.03. The van der Waals surface area contributed by atoms with Crippen LogP contribution in [0.5, 0.6) is 0 Å². The highest BCUT2D eigenvalue weighted by Crippen LogP contribution is 2.24. The van der Waals surface area contributed by atoms with Crippen LogP contribution in [0, 0.1) is 0 Å². The van der Waals surface area contributed by atoms with E-state index in [0.29, 0.717) is 0 Å². The number of aryl methyl sites for hydroxylation is 1. The first kappa shape index (κ1) is 18.2. The van der Waals surface area contributed by atoms with Crippen molar-refractivity contribution in [3.63, 3.8) is 0 Å². The van der Waals surface area contributed by atoms with Gasteiger partial charge in [0, 0.05) is 13.2 Å². The molecule has 1 heterocycles. The molecule has 3 aromatic rings. The molecule has 136 valence electrons. The summed E-state index contributed by atoms with van der Waals surface area (Å²) in [7, 11) is -0.611. The molecule has 1 aromatic heterocycles. The van der Waals surface area contributed by atoms with E-state index in [1.165, 1.54) is 23.9 Å². The monoisotopic (exact) mass is 371 g/mol. The van der Waals surface area contributed by atoms with Crippen LogP contribution in [0.1, 0.15) is 29.0 Å². The molecule has 0 fully saturated rings. The topological polar surface area (TPSA) is 80.2 Å². The van der Waals surface area contributed by atoms with E-state index >= 15 is 0 Å². The average Bonchev–Trinajstić information content (AvgIpc) is 3.04. The molecule has 0 bridgehead atoms. The Morgan fingerprint density at radius 1 is 1.12 bits per heavy atom. The third-order valence-electron chi connectivity index (χ3n) is 4.43. The maximum absolute atomic E-state index is 12.7. The molecule has 0 unspecified atom stereocenters. The summed E-state index contributed by atoms with van der Waals surface area (Å²) in [5.41, 5.74) is 1.29. The van der Waals surface area contributed by atoms with Gasteiger partial charge < -0.3 is 9.88 Å². The van der Waals surface area contributed by atoms with E-state index in [1.807, 2.05) is 49.4 Å². The van der Waals surface area contributed by atoms with Crippen LogP contribution in [0.2, 0.25) is 0 Å². The second kappa shape index (κ2) is 6.93. The number of rotatable bonds is 5. The lowest BCUT2D eigenvalue weighted by Crippen LogP contribution is -2.28. The first-order chi connectivity index (χ1) is 12.3. The molecule has 6 nitrogen and oxygen atoms in total. The minimum atomic E-state index is -3.59. The summed E-state index contributed by atoms with van der Waals surface area (Å²) >= 11 is 0. The van der Waals surface area contributed by atoms with Gasteiger partial charge in [0.05, 0.1) is 6.04 Å². The Hall–Kier alpha value is -2.64. The van der Waals surface area contributed by atoms with Gasteiger partial charge in [0.25, 0.3) is 5.91 Å². The number of fused-ring (bicyclic) bond motifs is 1. The van der Waals surface area contributed by atoms with Crippen molar-refractivity contribution in [3.8, 4) is 0 Å². The fourth-order valence-electron chi connectivity index (χ4n) is 3.00. The van der Waals surface area contributed by atoms with Crippen molar-refractivity contribution >= 4 is 26.7 Å². The van der Waals surface area contributed by atoms with Gasteiger partial charge in [0.1, 0.15) is 10.6 Å². The molecular weight excluding hydrogens is 350 g/mol. The van der Waals surface area contributed by atoms with Crippen molar-refractivity contribution in [2.45, 2.75) is 17.9 Å². The molecule has 26 heavy (non-hydrogen) atoms. The zero-order valence-corrected chi connectivity index (χ0v) is 15.7. The van der Waals surface area contributed by atoms with Gasteiger partial charge in [0.2, 0.25) is 10.0 Å². The van der Waals surface area contributed by atoms with Crippen LogP contribution < -0.4 is 10.0 Å². The largest absolute Gasteiger partial charge is 0.345 e. The number of sulfonamides is 1. The number of carbonyl (C=O) groups is 1. The van der Waals surface area contributed by atoms with Gasteiger partial charge >= 0.3 is 0 Å². The molecule has 2 aromatic carbocycles. The third-order valence-corrected chi connectivity index (χ3v) is 5.81. The molecule has 3 rings (SSSR count). The minimum absolute atomic E-state index is 0.0606. The quantitative estimate of drug-likeness (QED) is 0.723. The maximum Gasteiger partial charge on any atom is 0.268 e. The van der Waals surface area contributed by atoms with E-state index in [1.54, 1.807) is 7.05 Å². The molecule has 2 N–H and O–H groups in total. The van der Waals surface area contributed by atoms with Crippen LogP contribution in [0.3, 0.4) is 0 Å². The predicted molar refractivity (Wildman–Crippen MR) is 101 cm³/mol. The molecule has 1 amide bonds. The Balaban J connectivity index is 1.88. The highest BCUT2D eigenvalue weighted by molar-refractivity contribution is 7.89. The second-order valence-electron chi connectivity index (χ2n) is 6.14. The van der Waals surface area contributed by atoms with Crippen LogP contribution in [-0.4, -0.2) is 25.9 Å². The fourth-order valence-corrected chi connectivity index (χ4v) is 3.80. The summed E-state index contributed by atoms with van der Waals surface area (Å²) in [4.78, 5) is 12.7. The molecule has 7 heteroatoms. The van der Waals surface area contributed by atoms with Crippen LogP contribution >= 0.6 is 0 Å². The Morgan fingerprint density at radius 2 is 1.81 bits per heavy atom. The average molecular weight is 371 g/mol. The van der Waals surface area contributed by atoms with Crippen LogP contribution in [-0.2, 0) is 17.1 Å². The molecule has 0 aliphatic rings. The first-order valence-electron chi connectivity index (χ1n) is 8.22. The van der Waals surface area contributed by atoms with Gasteiger partial charge in [-0.2, -0.15) is 0 Å². The molecular formula is C19H21N3O3S. The minimum Gasteiger partial charge on any atom is -0.345 e. The van der Waals surface area contributed by atoms with E-state index in [4.69, 9.17) is 0 Å². The standard InChI is InChI=1S/C19H21N3O3S/c1-13(16-10-6-8-14-7-4-5-9-17(14)16)21-19(23)18-11-15(12-22(18)3)26(24,25)20-2/h4-13,20H,1-3H3,(H,21,23)/t13-/m0/s1. The van der Waals surface area contributed by atoms with Crippen molar-refractivity contribution in [3.05, 3.63) is 66.0 Å². The Morgan fingerprint density at radius 3 is 2.54 bits per heavy atom. The van der Waals surface area contributed by atoms with Gasteiger partial charge in [-0.25, -0.2) is 13.1 Å². The van der Waals surface area contributed by atoms with Gasteiger partial charge in [0.15, 0.2) is 0 Å². The number of benzene rings is 2. The summed E-state index contributed by atoms with van der Waals surface area (Å²) in [5.74, 6) is -0.328. The maximum atomic E-state index is 12.7. The summed E-state index contributed by atoms with van der Waals surface area (Å²) in [5, 5.41) is 5.13. The summed E-state index contributed by atoms with van der Waals surface area (Å²) in [6.07, 6.45) is 1.42. The molecule has 0 aliphatic heterocycles. The molecule has 0 radical (unpaired) electrons. The van der Waals surface area contributed by atoms with E-state index in [0.717, 1.165) is 16.3 Å². The van der Waals surface area contributed by atoms with E-state index in [-0.39, 0.29) is 22.5 Å². The number of aromatic nitrogens is 1. The smallest absolute Gasteiger partial charge is 0.268 e. The lowest BCUT2D eigenvalue weighted by molar-refractivity contribution is 0.0932. The molecule has 0 saturated carbocycles. The Labute approximate surface area is 152 Å². The van der Waals surface area contributed by atoms with Gasteiger partial charge in [-0.15, -0.1) is 0 Å². The van der Waals surface area contributed by atoms with Gasteiger partial charge in [-0.1, -0.05) is 42.5 Å². The molecule has 0 aliphatic carbocycles. The lowest BCUT2D eigenvalue weighted by Gasteiger charge is -2.17. The SMILES string of the molecule is CNS(=O)(=O)c1cc(C(=O)N[C@@H](C)c2cccc3ccccc23)n(C)c1.